The van der Waals surface area contributed by atoms with Crippen LogP contribution in [0.3, 0.4) is 0 Å². The molecule has 0 fully saturated rings. The highest BCUT2D eigenvalue weighted by Gasteiger charge is 2.05. The van der Waals surface area contributed by atoms with Gasteiger partial charge in [0.2, 0.25) is 5.89 Å². The number of anilines is 2. The number of nitrogens with two attached hydrogens (primary N) is 1. The lowest BCUT2D eigenvalue weighted by atomic mass is 10.0. The fourth-order valence-electron chi connectivity index (χ4n) is 1.60. The molecule has 0 spiro atoms. The quantitative estimate of drug-likeness (QED) is 0.847. The second kappa shape index (κ2) is 5.64. The summed E-state index contributed by atoms with van der Waals surface area (Å²) in [6.07, 6.45) is 0.598. The van der Waals surface area contributed by atoms with E-state index in [1.165, 1.54) is 5.56 Å². The van der Waals surface area contributed by atoms with Gasteiger partial charge < -0.3 is 15.5 Å². The molecule has 3 N–H and O–H groups in total. The standard InChI is InChI=1S/C13H18N4O/c1-9(2)10-3-5-11(6-4-10)15-13-17-16-12(18-13)7-8-14/h3-6,9H,7-8,14H2,1-2H3,(H,15,17). The van der Waals surface area contributed by atoms with Crippen LogP contribution >= 0.6 is 0 Å². The molecule has 96 valence electrons. The fourth-order valence-corrected chi connectivity index (χ4v) is 1.60. The lowest BCUT2D eigenvalue weighted by Gasteiger charge is -2.06. The van der Waals surface area contributed by atoms with Crippen molar-refractivity contribution in [1.82, 2.24) is 10.2 Å². The summed E-state index contributed by atoms with van der Waals surface area (Å²) in [5.41, 5.74) is 7.65. The van der Waals surface area contributed by atoms with Crippen molar-refractivity contribution in [1.29, 1.82) is 0 Å². The largest absolute Gasteiger partial charge is 0.408 e. The molecule has 1 heterocycles. The monoisotopic (exact) mass is 246 g/mol. The van der Waals surface area contributed by atoms with Crippen LogP contribution in [0.4, 0.5) is 11.7 Å². The van der Waals surface area contributed by atoms with Gasteiger partial charge >= 0.3 is 6.01 Å². The summed E-state index contributed by atoms with van der Waals surface area (Å²) in [5.74, 6) is 1.08. The van der Waals surface area contributed by atoms with Crippen LogP contribution in [0.5, 0.6) is 0 Å². The maximum Gasteiger partial charge on any atom is 0.320 e. The van der Waals surface area contributed by atoms with Gasteiger partial charge in [-0.25, -0.2) is 0 Å². The number of aromatic nitrogens is 2. The van der Waals surface area contributed by atoms with Gasteiger partial charge in [-0.15, -0.1) is 5.10 Å². The van der Waals surface area contributed by atoms with Crippen LogP contribution in [0, 0.1) is 0 Å². The summed E-state index contributed by atoms with van der Waals surface area (Å²) < 4.78 is 5.39. The second-order valence-corrected chi connectivity index (χ2v) is 4.44. The van der Waals surface area contributed by atoms with E-state index in [0.29, 0.717) is 30.8 Å². The lowest BCUT2D eigenvalue weighted by molar-refractivity contribution is 0.510. The zero-order valence-corrected chi connectivity index (χ0v) is 10.7. The van der Waals surface area contributed by atoms with Crippen LogP contribution in [-0.4, -0.2) is 16.7 Å². The van der Waals surface area contributed by atoms with E-state index < -0.39 is 0 Å². The highest BCUT2D eigenvalue weighted by molar-refractivity contribution is 5.52. The number of hydrogen-bond acceptors (Lipinski definition) is 5. The Morgan fingerprint density at radius 2 is 1.94 bits per heavy atom. The molecule has 0 aliphatic carbocycles. The topological polar surface area (TPSA) is 77.0 Å². The zero-order valence-electron chi connectivity index (χ0n) is 10.7. The Balaban J connectivity index is 2.03. The molecule has 5 nitrogen and oxygen atoms in total. The van der Waals surface area contributed by atoms with Crippen molar-refractivity contribution in [3.63, 3.8) is 0 Å². The average Bonchev–Trinajstić information content (AvgIpc) is 2.78. The number of nitrogens with one attached hydrogen (secondary N) is 1. The van der Waals surface area contributed by atoms with Crippen molar-refractivity contribution in [2.45, 2.75) is 26.2 Å². The molecule has 0 unspecified atom stereocenters. The van der Waals surface area contributed by atoms with Gasteiger partial charge in [0.1, 0.15) is 0 Å². The molecule has 1 aromatic heterocycles. The van der Waals surface area contributed by atoms with Crippen LogP contribution in [0.1, 0.15) is 31.2 Å². The molecule has 0 radical (unpaired) electrons. The molecule has 0 atom stereocenters. The first-order chi connectivity index (χ1) is 8.69. The van der Waals surface area contributed by atoms with Gasteiger partial charge in [0.25, 0.3) is 0 Å². The van der Waals surface area contributed by atoms with Crippen LogP contribution in [-0.2, 0) is 6.42 Å². The molecule has 18 heavy (non-hydrogen) atoms. The highest BCUT2D eigenvalue weighted by Crippen LogP contribution is 2.19. The second-order valence-electron chi connectivity index (χ2n) is 4.44. The van der Waals surface area contributed by atoms with Crippen molar-refractivity contribution < 1.29 is 4.42 Å². The maximum absolute atomic E-state index is 5.42. The van der Waals surface area contributed by atoms with E-state index in [1.54, 1.807) is 0 Å². The molecule has 0 aliphatic rings. The van der Waals surface area contributed by atoms with Crippen molar-refractivity contribution >= 4 is 11.7 Å². The van der Waals surface area contributed by atoms with Gasteiger partial charge in [0.05, 0.1) is 0 Å². The average molecular weight is 246 g/mol. The van der Waals surface area contributed by atoms with E-state index in [0.717, 1.165) is 5.69 Å². The van der Waals surface area contributed by atoms with Gasteiger partial charge in [-0.3, -0.25) is 0 Å². The smallest absolute Gasteiger partial charge is 0.320 e. The van der Waals surface area contributed by atoms with Crippen LogP contribution in [0.15, 0.2) is 28.7 Å². The van der Waals surface area contributed by atoms with Gasteiger partial charge in [0, 0.05) is 18.7 Å². The summed E-state index contributed by atoms with van der Waals surface area (Å²) in [5, 5.41) is 10.9. The first-order valence-electron chi connectivity index (χ1n) is 6.08. The van der Waals surface area contributed by atoms with Gasteiger partial charge in [0.15, 0.2) is 0 Å². The van der Waals surface area contributed by atoms with E-state index in [-0.39, 0.29) is 0 Å². The van der Waals surface area contributed by atoms with Crippen LogP contribution < -0.4 is 11.1 Å². The Bertz CT molecular complexity index is 490. The molecule has 2 aromatic rings. The number of hydrogen-bond donors (Lipinski definition) is 2. The molecular formula is C13H18N4O. The van der Waals surface area contributed by atoms with Crippen molar-refractivity contribution in [3.8, 4) is 0 Å². The summed E-state index contributed by atoms with van der Waals surface area (Å²) in [6.45, 7) is 4.84. The molecule has 0 saturated carbocycles. The minimum absolute atomic E-state index is 0.399. The van der Waals surface area contributed by atoms with Gasteiger partial charge in [-0.2, -0.15) is 0 Å². The molecule has 0 amide bonds. The van der Waals surface area contributed by atoms with E-state index in [1.807, 2.05) is 12.1 Å². The molecule has 0 saturated heterocycles. The number of benzene rings is 1. The van der Waals surface area contributed by atoms with Crippen LogP contribution in [0.25, 0.3) is 0 Å². The van der Waals surface area contributed by atoms with Crippen molar-refractivity contribution in [2.75, 3.05) is 11.9 Å². The van der Waals surface area contributed by atoms with E-state index in [4.69, 9.17) is 10.2 Å². The Morgan fingerprint density at radius 3 is 2.56 bits per heavy atom. The molecule has 5 heteroatoms. The summed E-state index contributed by atoms with van der Waals surface area (Å²) in [4.78, 5) is 0. The third-order valence-corrected chi connectivity index (χ3v) is 2.65. The molecule has 0 bridgehead atoms. The van der Waals surface area contributed by atoms with Gasteiger partial charge in [-0.05, 0) is 23.6 Å². The first-order valence-corrected chi connectivity index (χ1v) is 6.08. The van der Waals surface area contributed by atoms with Crippen LogP contribution in [0.2, 0.25) is 0 Å². The van der Waals surface area contributed by atoms with E-state index in [2.05, 4.69) is 41.5 Å². The molecular weight excluding hydrogens is 228 g/mol. The van der Waals surface area contributed by atoms with Gasteiger partial charge in [-0.1, -0.05) is 31.1 Å². The Labute approximate surface area is 106 Å². The lowest BCUT2D eigenvalue weighted by Crippen LogP contribution is -2.02. The van der Waals surface area contributed by atoms with E-state index >= 15 is 0 Å². The number of rotatable bonds is 5. The summed E-state index contributed by atoms with van der Waals surface area (Å²) in [6, 6.07) is 8.58. The maximum atomic E-state index is 5.42. The highest BCUT2D eigenvalue weighted by atomic mass is 16.4. The van der Waals surface area contributed by atoms with Crippen molar-refractivity contribution in [2.24, 2.45) is 5.73 Å². The van der Waals surface area contributed by atoms with Crippen molar-refractivity contribution in [3.05, 3.63) is 35.7 Å². The summed E-state index contributed by atoms with van der Waals surface area (Å²) in [7, 11) is 0. The van der Waals surface area contributed by atoms with E-state index in [9.17, 15) is 0 Å². The Hall–Kier alpha value is -1.88. The molecule has 1 aromatic carbocycles. The normalized spacial score (nSPS) is 10.9. The predicted octanol–water partition coefficient (Wildman–Crippen LogP) is 2.44. The third-order valence-electron chi connectivity index (χ3n) is 2.65. The number of nitrogens with zero attached hydrogens (tertiary/aromatic N) is 2. The fraction of sp³-hybridized carbons (Fsp3) is 0.385. The third kappa shape index (κ3) is 3.07. The predicted molar refractivity (Wildman–Crippen MR) is 70.9 cm³/mol. The minimum atomic E-state index is 0.399. The Kier molecular flexibility index (Phi) is 3.94. The molecule has 2 rings (SSSR count). The molecule has 0 aliphatic heterocycles. The minimum Gasteiger partial charge on any atom is -0.408 e. The Morgan fingerprint density at radius 1 is 1.22 bits per heavy atom. The SMILES string of the molecule is CC(C)c1ccc(Nc2nnc(CCN)o2)cc1. The summed E-state index contributed by atoms with van der Waals surface area (Å²) >= 11 is 0. The zero-order chi connectivity index (χ0) is 13.0. The first kappa shape index (κ1) is 12.6.